The summed E-state index contributed by atoms with van der Waals surface area (Å²) in [5.41, 5.74) is 0.0657. The van der Waals surface area contributed by atoms with E-state index in [4.69, 9.17) is 0 Å². The van der Waals surface area contributed by atoms with E-state index in [1.54, 1.807) is 0 Å². The Balaban J connectivity index is 2.06. The molecule has 0 unspecified atom stereocenters. The van der Waals surface area contributed by atoms with Crippen LogP contribution >= 0.6 is 0 Å². The molecule has 2 saturated heterocycles. The van der Waals surface area contributed by atoms with Crippen LogP contribution in [0.25, 0.3) is 0 Å². The van der Waals surface area contributed by atoms with Crippen molar-refractivity contribution in [1.29, 1.82) is 0 Å². The molecule has 72 valence electrons. The number of hydrogen-bond donors (Lipinski definition) is 2. The summed E-state index contributed by atoms with van der Waals surface area (Å²) >= 11 is 0. The van der Waals surface area contributed by atoms with E-state index in [1.807, 2.05) is 0 Å². The zero-order valence-electron chi connectivity index (χ0n) is 7.56. The average Bonchev–Trinajstić information content (AvgIpc) is 2.35. The van der Waals surface area contributed by atoms with Gasteiger partial charge in [0.1, 0.15) is 0 Å². The van der Waals surface area contributed by atoms with Crippen molar-refractivity contribution < 1.29 is 9.59 Å². The van der Waals surface area contributed by atoms with E-state index in [0.29, 0.717) is 19.4 Å². The van der Waals surface area contributed by atoms with E-state index in [0.717, 1.165) is 19.4 Å². The zero-order valence-corrected chi connectivity index (χ0v) is 7.56. The molecule has 0 saturated carbocycles. The topological polar surface area (TPSA) is 58.2 Å². The highest BCUT2D eigenvalue weighted by Crippen LogP contribution is 2.36. The van der Waals surface area contributed by atoms with E-state index >= 15 is 0 Å². The van der Waals surface area contributed by atoms with Crippen molar-refractivity contribution in [2.75, 3.05) is 13.1 Å². The Bertz CT molecular complexity index is 246. The highest BCUT2D eigenvalue weighted by Gasteiger charge is 2.39. The van der Waals surface area contributed by atoms with Crippen LogP contribution in [0.5, 0.6) is 0 Å². The smallest absolute Gasteiger partial charge is 0.220 e. The van der Waals surface area contributed by atoms with Crippen molar-refractivity contribution >= 4 is 11.8 Å². The number of hydrogen-bond acceptors (Lipinski definition) is 2. The first-order valence-electron chi connectivity index (χ1n) is 4.74. The lowest BCUT2D eigenvalue weighted by molar-refractivity contribution is -0.121. The molecule has 1 spiro atoms. The van der Waals surface area contributed by atoms with E-state index in [-0.39, 0.29) is 17.2 Å². The maximum Gasteiger partial charge on any atom is 0.220 e. The molecule has 2 amide bonds. The van der Waals surface area contributed by atoms with Gasteiger partial charge in [-0.25, -0.2) is 0 Å². The second-order valence-corrected chi connectivity index (χ2v) is 4.05. The normalized spacial score (nSPS) is 34.2. The number of rotatable bonds is 0. The van der Waals surface area contributed by atoms with E-state index in [1.165, 1.54) is 0 Å². The summed E-state index contributed by atoms with van der Waals surface area (Å²) in [4.78, 5) is 22.2. The van der Waals surface area contributed by atoms with Crippen LogP contribution in [-0.2, 0) is 9.59 Å². The zero-order chi connectivity index (χ0) is 9.31. The minimum atomic E-state index is 0.0657. The molecule has 2 N–H and O–H groups in total. The molecule has 0 aromatic heterocycles. The van der Waals surface area contributed by atoms with Gasteiger partial charge in [0.15, 0.2) is 0 Å². The van der Waals surface area contributed by atoms with Crippen molar-refractivity contribution in [1.82, 2.24) is 10.6 Å². The van der Waals surface area contributed by atoms with Gasteiger partial charge >= 0.3 is 0 Å². The predicted octanol–water partition coefficient (Wildman–Crippen LogP) is -0.207. The molecule has 13 heavy (non-hydrogen) atoms. The summed E-state index contributed by atoms with van der Waals surface area (Å²) < 4.78 is 0. The van der Waals surface area contributed by atoms with Gasteiger partial charge in [0.05, 0.1) is 0 Å². The average molecular weight is 182 g/mol. The SMILES string of the molecule is O=C1CC[C@]2(CCN1)CNC(=O)C2. The van der Waals surface area contributed by atoms with Gasteiger partial charge in [0.2, 0.25) is 11.8 Å². The summed E-state index contributed by atoms with van der Waals surface area (Å²) in [5, 5.41) is 5.68. The molecule has 4 heteroatoms. The number of carbonyl (C=O) groups excluding carboxylic acids is 2. The standard InChI is InChI=1S/C9H14N2O2/c12-7-1-2-9(3-4-10-7)5-8(13)11-6-9/h1-6H2,(H,10,12)(H,11,13)/t9-/m1/s1. The minimum Gasteiger partial charge on any atom is -0.356 e. The lowest BCUT2D eigenvalue weighted by Crippen LogP contribution is -2.25. The summed E-state index contributed by atoms with van der Waals surface area (Å²) in [5.74, 6) is 0.255. The van der Waals surface area contributed by atoms with Gasteiger partial charge in [-0.2, -0.15) is 0 Å². The minimum absolute atomic E-state index is 0.0657. The lowest BCUT2D eigenvalue weighted by Gasteiger charge is -2.23. The van der Waals surface area contributed by atoms with Gasteiger partial charge in [0.25, 0.3) is 0 Å². The van der Waals surface area contributed by atoms with Crippen LogP contribution in [0.4, 0.5) is 0 Å². The van der Waals surface area contributed by atoms with Crippen molar-refractivity contribution in [3.8, 4) is 0 Å². The summed E-state index contributed by atoms with van der Waals surface area (Å²) in [7, 11) is 0. The van der Waals surface area contributed by atoms with Crippen LogP contribution in [0.3, 0.4) is 0 Å². The molecule has 4 nitrogen and oxygen atoms in total. The fourth-order valence-electron chi connectivity index (χ4n) is 2.16. The van der Waals surface area contributed by atoms with Crippen molar-refractivity contribution in [3.63, 3.8) is 0 Å². The molecule has 2 aliphatic rings. The van der Waals surface area contributed by atoms with E-state index in [9.17, 15) is 9.59 Å². The molecule has 0 aromatic rings. The molecule has 2 heterocycles. The third-order valence-corrected chi connectivity index (χ3v) is 3.06. The second-order valence-electron chi connectivity index (χ2n) is 4.05. The largest absolute Gasteiger partial charge is 0.356 e. The molecular weight excluding hydrogens is 168 g/mol. The Morgan fingerprint density at radius 2 is 1.92 bits per heavy atom. The van der Waals surface area contributed by atoms with Crippen molar-refractivity contribution in [2.24, 2.45) is 5.41 Å². The number of amides is 2. The second kappa shape index (κ2) is 3.01. The third kappa shape index (κ3) is 1.66. The Morgan fingerprint density at radius 1 is 1.08 bits per heavy atom. The Labute approximate surface area is 77.1 Å². The number of nitrogens with one attached hydrogen (secondary N) is 2. The number of carbonyl (C=O) groups is 2. The van der Waals surface area contributed by atoms with Crippen LogP contribution < -0.4 is 10.6 Å². The Hall–Kier alpha value is -1.06. The van der Waals surface area contributed by atoms with Gasteiger partial charge in [-0.05, 0) is 18.3 Å². The summed E-state index contributed by atoms with van der Waals surface area (Å²) in [6.45, 7) is 1.47. The third-order valence-electron chi connectivity index (χ3n) is 3.06. The first-order chi connectivity index (χ1) is 6.20. The molecular formula is C9H14N2O2. The van der Waals surface area contributed by atoms with Crippen LogP contribution in [0.2, 0.25) is 0 Å². The Kier molecular flexibility index (Phi) is 1.98. The van der Waals surface area contributed by atoms with Gasteiger partial charge in [-0.1, -0.05) is 0 Å². The summed E-state index contributed by atoms with van der Waals surface area (Å²) in [6.07, 6.45) is 2.94. The fourth-order valence-corrected chi connectivity index (χ4v) is 2.16. The Morgan fingerprint density at radius 3 is 2.62 bits per heavy atom. The first-order valence-corrected chi connectivity index (χ1v) is 4.74. The van der Waals surface area contributed by atoms with Crippen molar-refractivity contribution in [3.05, 3.63) is 0 Å². The lowest BCUT2D eigenvalue weighted by atomic mass is 9.80. The molecule has 0 bridgehead atoms. The van der Waals surface area contributed by atoms with Gasteiger partial charge in [0, 0.05) is 25.9 Å². The van der Waals surface area contributed by atoms with Crippen LogP contribution in [0.1, 0.15) is 25.7 Å². The highest BCUT2D eigenvalue weighted by atomic mass is 16.2. The predicted molar refractivity (Wildman–Crippen MR) is 46.9 cm³/mol. The van der Waals surface area contributed by atoms with Crippen LogP contribution in [0.15, 0.2) is 0 Å². The fraction of sp³-hybridized carbons (Fsp3) is 0.778. The molecule has 0 aliphatic carbocycles. The maximum atomic E-state index is 11.1. The molecule has 2 rings (SSSR count). The van der Waals surface area contributed by atoms with Crippen LogP contribution in [-0.4, -0.2) is 24.9 Å². The molecule has 2 aliphatic heterocycles. The van der Waals surface area contributed by atoms with E-state index in [2.05, 4.69) is 10.6 Å². The highest BCUT2D eigenvalue weighted by molar-refractivity contribution is 5.80. The van der Waals surface area contributed by atoms with Gasteiger partial charge in [-0.15, -0.1) is 0 Å². The van der Waals surface area contributed by atoms with Crippen molar-refractivity contribution in [2.45, 2.75) is 25.7 Å². The monoisotopic (exact) mass is 182 g/mol. The molecule has 0 radical (unpaired) electrons. The summed E-state index contributed by atoms with van der Waals surface area (Å²) in [6, 6.07) is 0. The first kappa shape index (κ1) is 8.53. The van der Waals surface area contributed by atoms with E-state index < -0.39 is 0 Å². The quantitative estimate of drug-likeness (QED) is 0.544. The maximum absolute atomic E-state index is 11.1. The van der Waals surface area contributed by atoms with Gasteiger partial charge in [-0.3, -0.25) is 9.59 Å². The molecule has 2 fully saturated rings. The van der Waals surface area contributed by atoms with Gasteiger partial charge < -0.3 is 10.6 Å². The van der Waals surface area contributed by atoms with Crippen LogP contribution in [0, 0.1) is 5.41 Å². The molecule has 1 atom stereocenters. The molecule has 0 aromatic carbocycles.